The fraction of sp³-hybridized carbons (Fsp3) is 0.353. The van der Waals surface area contributed by atoms with Crippen molar-refractivity contribution in [3.8, 4) is 11.5 Å². The first kappa shape index (κ1) is 17.3. The summed E-state index contributed by atoms with van der Waals surface area (Å²) in [7, 11) is 1.44. The molecular formula is C17H18N2O5S. The molecule has 0 spiro atoms. The van der Waals surface area contributed by atoms with Crippen molar-refractivity contribution in [3.05, 3.63) is 28.7 Å². The lowest BCUT2D eigenvalue weighted by Gasteiger charge is -2.18. The highest BCUT2D eigenvalue weighted by Crippen LogP contribution is 2.34. The van der Waals surface area contributed by atoms with E-state index >= 15 is 0 Å². The Kier molecular flexibility index (Phi) is 4.98. The minimum absolute atomic E-state index is 0.0558. The number of ether oxygens (including phenoxy) is 1. The van der Waals surface area contributed by atoms with Crippen LogP contribution in [0, 0.1) is 0 Å². The van der Waals surface area contributed by atoms with E-state index in [1.807, 2.05) is 0 Å². The third-order valence-electron chi connectivity index (χ3n) is 4.13. The van der Waals surface area contributed by atoms with Crippen molar-refractivity contribution < 1.29 is 24.2 Å². The van der Waals surface area contributed by atoms with Crippen LogP contribution >= 0.6 is 11.8 Å². The molecule has 8 heteroatoms. The van der Waals surface area contributed by atoms with Gasteiger partial charge in [-0.3, -0.25) is 19.3 Å². The minimum atomic E-state index is -0.488. The lowest BCUT2D eigenvalue weighted by Crippen LogP contribution is -2.40. The Morgan fingerprint density at radius 1 is 1.32 bits per heavy atom. The monoisotopic (exact) mass is 362 g/mol. The zero-order chi connectivity index (χ0) is 18.0. The number of likely N-dealkylation sites (tertiary alicyclic amines) is 1. The zero-order valence-corrected chi connectivity index (χ0v) is 14.5. The fourth-order valence-corrected chi connectivity index (χ4v) is 3.62. The summed E-state index contributed by atoms with van der Waals surface area (Å²) in [5.41, 5.74) is 0.565. The van der Waals surface area contributed by atoms with Crippen molar-refractivity contribution in [2.75, 3.05) is 26.7 Å². The maximum Gasteiger partial charge on any atom is 0.294 e. The van der Waals surface area contributed by atoms with Gasteiger partial charge in [-0.1, -0.05) is 6.07 Å². The van der Waals surface area contributed by atoms with Gasteiger partial charge in [0.1, 0.15) is 6.54 Å². The van der Waals surface area contributed by atoms with Gasteiger partial charge in [0.15, 0.2) is 11.5 Å². The number of amides is 3. The molecule has 0 radical (unpaired) electrons. The lowest BCUT2D eigenvalue weighted by atomic mass is 10.2. The number of benzene rings is 1. The van der Waals surface area contributed by atoms with Crippen molar-refractivity contribution in [1.82, 2.24) is 9.80 Å². The van der Waals surface area contributed by atoms with Gasteiger partial charge in [0, 0.05) is 13.1 Å². The summed E-state index contributed by atoms with van der Waals surface area (Å²) in [6, 6.07) is 4.69. The Morgan fingerprint density at radius 2 is 2.04 bits per heavy atom. The van der Waals surface area contributed by atoms with Crippen LogP contribution in [0.25, 0.3) is 6.08 Å². The van der Waals surface area contributed by atoms with E-state index in [0.29, 0.717) is 24.4 Å². The quantitative estimate of drug-likeness (QED) is 0.825. The van der Waals surface area contributed by atoms with E-state index in [9.17, 15) is 19.5 Å². The molecule has 25 heavy (non-hydrogen) atoms. The molecule has 2 aliphatic heterocycles. The first-order chi connectivity index (χ1) is 12.0. The molecule has 2 aliphatic rings. The number of imide groups is 1. The summed E-state index contributed by atoms with van der Waals surface area (Å²) < 4.78 is 4.97. The molecule has 0 unspecified atom stereocenters. The highest BCUT2D eigenvalue weighted by molar-refractivity contribution is 8.18. The summed E-state index contributed by atoms with van der Waals surface area (Å²) in [5.74, 6) is -0.429. The Labute approximate surface area is 149 Å². The van der Waals surface area contributed by atoms with Crippen molar-refractivity contribution in [3.63, 3.8) is 0 Å². The smallest absolute Gasteiger partial charge is 0.294 e. The number of phenols is 1. The highest BCUT2D eigenvalue weighted by atomic mass is 32.2. The van der Waals surface area contributed by atoms with E-state index in [4.69, 9.17) is 4.74 Å². The summed E-state index contributed by atoms with van der Waals surface area (Å²) >= 11 is 0.792. The summed E-state index contributed by atoms with van der Waals surface area (Å²) in [6.07, 6.45) is 3.42. The standard InChI is InChI=1S/C17H18N2O5S/c1-24-13-5-4-11(8-12(13)20)9-14-16(22)19(17(23)25-14)10-15(21)18-6-2-3-7-18/h4-5,8-9,20H,2-3,6-7,10H2,1H3/b14-9-. The van der Waals surface area contributed by atoms with E-state index < -0.39 is 11.1 Å². The van der Waals surface area contributed by atoms with Gasteiger partial charge in [0.2, 0.25) is 5.91 Å². The molecule has 2 heterocycles. The SMILES string of the molecule is COc1ccc(/C=C2\SC(=O)N(CC(=O)N3CCCC3)C2=O)cc1O. The third kappa shape index (κ3) is 3.63. The van der Waals surface area contributed by atoms with Crippen molar-refractivity contribution in [1.29, 1.82) is 0 Å². The summed E-state index contributed by atoms with van der Waals surface area (Å²) in [6.45, 7) is 1.13. The number of hydrogen-bond donors (Lipinski definition) is 1. The van der Waals surface area contributed by atoms with Gasteiger partial charge in [-0.2, -0.15) is 0 Å². The minimum Gasteiger partial charge on any atom is -0.504 e. The number of aromatic hydroxyl groups is 1. The summed E-state index contributed by atoms with van der Waals surface area (Å²) in [5, 5.41) is 9.34. The maximum absolute atomic E-state index is 12.4. The van der Waals surface area contributed by atoms with Gasteiger partial charge >= 0.3 is 0 Å². The van der Waals surface area contributed by atoms with Gasteiger partial charge in [-0.15, -0.1) is 0 Å². The predicted octanol–water partition coefficient (Wildman–Crippen LogP) is 2.06. The Morgan fingerprint density at radius 3 is 2.68 bits per heavy atom. The van der Waals surface area contributed by atoms with Gasteiger partial charge in [-0.25, -0.2) is 0 Å². The van der Waals surface area contributed by atoms with Crippen molar-refractivity contribution in [2.24, 2.45) is 0 Å². The summed E-state index contributed by atoms with van der Waals surface area (Å²) in [4.78, 5) is 39.6. The van der Waals surface area contributed by atoms with Gasteiger partial charge < -0.3 is 14.7 Å². The van der Waals surface area contributed by atoms with Gasteiger partial charge in [0.05, 0.1) is 12.0 Å². The second-order valence-electron chi connectivity index (χ2n) is 5.79. The number of hydrogen-bond acceptors (Lipinski definition) is 6. The molecule has 0 atom stereocenters. The second-order valence-corrected chi connectivity index (χ2v) is 6.78. The molecule has 132 valence electrons. The van der Waals surface area contributed by atoms with Crippen LogP contribution in [-0.4, -0.2) is 58.7 Å². The van der Waals surface area contributed by atoms with E-state index in [-0.39, 0.29) is 23.1 Å². The van der Waals surface area contributed by atoms with Crippen molar-refractivity contribution in [2.45, 2.75) is 12.8 Å². The first-order valence-electron chi connectivity index (χ1n) is 7.90. The van der Waals surface area contributed by atoms with Crippen LogP contribution in [0.3, 0.4) is 0 Å². The first-order valence-corrected chi connectivity index (χ1v) is 8.71. The average molecular weight is 362 g/mol. The van der Waals surface area contributed by atoms with Gasteiger partial charge in [-0.05, 0) is 48.4 Å². The van der Waals surface area contributed by atoms with E-state index in [0.717, 1.165) is 29.5 Å². The Hall–Kier alpha value is -2.48. The number of nitrogens with zero attached hydrogens (tertiary/aromatic N) is 2. The molecule has 1 aromatic carbocycles. The normalized spacial score (nSPS) is 19.2. The van der Waals surface area contributed by atoms with Crippen LogP contribution in [0.1, 0.15) is 18.4 Å². The Bertz CT molecular complexity index is 755. The molecule has 0 saturated carbocycles. The fourth-order valence-electron chi connectivity index (χ4n) is 2.79. The molecule has 1 aromatic rings. The number of carbonyl (C=O) groups excluding carboxylic acids is 3. The maximum atomic E-state index is 12.4. The number of rotatable bonds is 4. The van der Waals surface area contributed by atoms with Crippen molar-refractivity contribution >= 4 is 34.9 Å². The highest BCUT2D eigenvalue weighted by Gasteiger charge is 2.37. The topological polar surface area (TPSA) is 87.2 Å². The van der Waals surface area contributed by atoms with Crippen LogP contribution in [0.5, 0.6) is 11.5 Å². The molecule has 0 bridgehead atoms. The molecule has 2 saturated heterocycles. The lowest BCUT2D eigenvalue weighted by molar-refractivity contribution is -0.135. The molecule has 0 aliphatic carbocycles. The van der Waals surface area contributed by atoms with Crippen LogP contribution in [0.4, 0.5) is 4.79 Å². The van der Waals surface area contributed by atoms with Crippen LogP contribution in [0.15, 0.2) is 23.1 Å². The van der Waals surface area contributed by atoms with E-state index in [2.05, 4.69) is 0 Å². The van der Waals surface area contributed by atoms with Crippen LogP contribution in [-0.2, 0) is 9.59 Å². The van der Waals surface area contributed by atoms with Gasteiger partial charge in [0.25, 0.3) is 11.1 Å². The second kappa shape index (κ2) is 7.18. The predicted molar refractivity (Wildman–Crippen MR) is 93.1 cm³/mol. The molecule has 7 nitrogen and oxygen atoms in total. The van der Waals surface area contributed by atoms with Crippen LogP contribution < -0.4 is 4.74 Å². The third-order valence-corrected chi connectivity index (χ3v) is 5.03. The molecule has 3 rings (SSSR count). The molecule has 0 aromatic heterocycles. The molecular weight excluding hydrogens is 344 g/mol. The Balaban J connectivity index is 1.74. The number of methoxy groups -OCH3 is 1. The molecule has 2 fully saturated rings. The largest absolute Gasteiger partial charge is 0.504 e. The number of thioether (sulfide) groups is 1. The molecule has 1 N–H and O–H groups in total. The average Bonchev–Trinajstić information content (AvgIpc) is 3.20. The number of carbonyl (C=O) groups is 3. The van der Waals surface area contributed by atoms with E-state index in [1.54, 1.807) is 17.0 Å². The molecule has 3 amide bonds. The number of phenolic OH excluding ortho intramolecular Hbond substituents is 1. The van der Waals surface area contributed by atoms with E-state index in [1.165, 1.54) is 19.3 Å². The zero-order valence-electron chi connectivity index (χ0n) is 13.7. The van der Waals surface area contributed by atoms with Crippen LogP contribution in [0.2, 0.25) is 0 Å².